The van der Waals surface area contributed by atoms with Crippen molar-refractivity contribution in [3.8, 4) is 0 Å². The molecule has 0 aromatic carbocycles. The van der Waals surface area contributed by atoms with Crippen molar-refractivity contribution < 1.29 is 38.1 Å². The van der Waals surface area contributed by atoms with Gasteiger partial charge < -0.3 is 18.9 Å². The second kappa shape index (κ2) is 50.3. The Bertz CT molecular complexity index is 950. The van der Waals surface area contributed by atoms with Crippen molar-refractivity contribution in [2.45, 2.75) is 297 Å². The molecule has 0 saturated heterocycles. The maximum absolute atomic E-state index is 13.9. The highest BCUT2D eigenvalue weighted by Gasteiger charge is 2.40. The predicted molar refractivity (Wildman–Crippen MR) is 267 cm³/mol. The first-order valence-corrected chi connectivity index (χ1v) is 28.1. The summed E-state index contributed by atoms with van der Waals surface area (Å²) in [5.41, 5.74) is 0. The molecular weight excluding hydrogens is 801 g/mol. The van der Waals surface area contributed by atoms with Crippen LogP contribution in [-0.2, 0) is 38.1 Å². The van der Waals surface area contributed by atoms with Crippen molar-refractivity contribution in [2.24, 2.45) is 11.8 Å². The molecule has 0 bridgehead atoms. The summed E-state index contributed by atoms with van der Waals surface area (Å²) < 4.78 is 22.8. The van der Waals surface area contributed by atoms with Crippen molar-refractivity contribution in [1.29, 1.82) is 0 Å². The molecule has 2 atom stereocenters. The average Bonchev–Trinajstić information content (AvgIpc) is 3.29. The van der Waals surface area contributed by atoms with Crippen LogP contribution >= 0.6 is 0 Å². The third kappa shape index (κ3) is 42.5. The summed E-state index contributed by atoms with van der Waals surface area (Å²) >= 11 is 0. The Morgan fingerprint density at radius 2 is 0.422 bits per heavy atom. The van der Waals surface area contributed by atoms with E-state index < -0.39 is 35.7 Å². The van der Waals surface area contributed by atoms with Crippen molar-refractivity contribution >= 4 is 23.9 Å². The minimum atomic E-state index is -1.19. The molecule has 64 heavy (non-hydrogen) atoms. The van der Waals surface area contributed by atoms with E-state index in [0.29, 0.717) is 12.8 Å². The van der Waals surface area contributed by atoms with E-state index in [1.54, 1.807) is 0 Å². The summed E-state index contributed by atoms with van der Waals surface area (Å²) in [6.45, 7) is 9.91. The number of ether oxygens (including phenoxy) is 4. The van der Waals surface area contributed by atoms with E-state index in [4.69, 9.17) is 18.9 Å². The Kier molecular flexibility index (Phi) is 48.6. The number of hydrogen-bond acceptors (Lipinski definition) is 8. The van der Waals surface area contributed by atoms with Crippen molar-refractivity contribution in [3.63, 3.8) is 0 Å². The van der Waals surface area contributed by atoms with Crippen LogP contribution in [-0.4, -0.2) is 50.3 Å². The Morgan fingerprint density at radius 3 is 0.625 bits per heavy atom. The van der Waals surface area contributed by atoms with E-state index in [1.165, 1.54) is 180 Å². The van der Waals surface area contributed by atoms with Gasteiger partial charge in [-0.3, -0.25) is 19.2 Å². The third-order valence-corrected chi connectivity index (χ3v) is 12.9. The number of unbranched alkanes of at least 4 members (excludes halogenated alkanes) is 36. The van der Waals surface area contributed by atoms with E-state index in [-0.39, 0.29) is 39.3 Å². The SMILES string of the molecule is CCCCCCCCCCCCOC(=O)CC(C(=O)OCCCCCCCCCCCC)C(CC(=O)OCCCCCCCCCCCC)C(=O)OCCCCCCCCCCCC. The van der Waals surface area contributed by atoms with Gasteiger partial charge in [0.15, 0.2) is 0 Å². The lowest BCUT2D eigenvalue weighted by Gasteiger charge is -2.23. The minimum Gasteiger partial charge on any atom is -0.466 e. The molecule has 0 aliphatic rings. The Hall–Kier alpha value is -2.12. The molecule has 0 radical (unpaired) electrons. The molecule has 378 valence electrons. The molecule has 0 heterocycles. The highest BCUT2D eigenvalue weighted by Crippen LogP contribution is 2.26. The largest absolute Gasteiger partial charge is 0.466 e. The molecule has 0 saturated carbocycles. The molecule has 0 fully saturated rings. The standard InChI is InChI=1S/C56H106O8/c1-5-9-13-17-21-25-29-33-37-41-45-61-53(57)49-51(55(59)63-47-43-39-35-31-27-23-19-15-11-7-3)52(56(60)64-48-44-40-36-32-28-24-20-16-12-8-4)50-54(58)62-46-42-38-34-30-26-22-18-14-10-6-2/h51-52H,5-50H2,1-4H3. The van der Waals surface area contributed by atoms with Crippen LogP contribution in [0.2, 0.25) is 0 Å². The Balaban J connectivity index is 5.44. The van der Waals surface area contributed by atoms with Crippen LogP contribution in [0.3, 0.4) is 0 Å². The number of hydrogen-bond donors (Lipinski definition) is 0. The molecule has 0 aromatic heterocycles. The van der Waals surface area contributed by atoms with Gasteiger partial charge in [0.25, 0.3) is 0 Å². The smallest absolute Gasteiger partial charge is 0.310 e. The van der Waals surface area contributed by atoms with E-state index in [9.17, 15) is 19.2 Å². The zero-order valence-electron chi connectivity index (χ0n) is 42.9. The van der Waals surface area contributed by atoms with Gasteiger partial charge in [-0.25, -0.2) is 0 Å². The van der Waals surface area contributed by atoms with Gasteiger partial charge in [0.2, 0.25) is 0 Å². The van der Waals surface area contributed by atoms with Crippen LogP contribution < -0.4 is 0 Å². The monoisotopic (exact) mass is 907 g/mol. The van der Waals surface area contributed by atoms with Gasteiger partial charge >= 0.3 is 23.9 Å². The van der Waals surface area contributed by atoms with Crippen molar-refractivity contribution in [2.75, 3.05) is 26.4 Å². The zero-order valence-corrected chi connectivity index (χ0v) is 42.9. The number of carbonyl (C=O) groups excluding carboxylic acids is 4. The molecule has 8 nitrogen and oxygen atoms in total. The van der Waals surface area contributed by atoms with E-state index in [0.717, 1.165) is 64.2 Å². The first kappa shape index (κ1) is 61.9. The van der Waals surface area contributed by atoms with E-state index in [1.807, 2.05) is 0 Å². The average molecular weight is 907 g/mol. The summed E-state index contributed by atoms with van der Waals surface area (Å²) in [4.78, 5) is 54.4. The number of carbonyl (C=O) groups is 4. The first-order valence-electron chi connectivity index (χ1n) is 28.1. The second-order valence-corrected chi connectivity index (χ2v) is 19.1. The molecular formula is C56H106O8. The highest BCUT2D eigenvalue weighted by molar-refractivity contribution is 5.88. The van der Waals surface area contributed by atoms with E-state index >= 15 is 0 Å². The molecule has 0 aliphatic carbocycles. The third-order valence-electron chi connectivity index (χ3n) is 12.9. The summed E-state index contributed by atoms with van der Waals surface area (Å²) in [7, 11) is 0. The van der Waals surface area contributed by atoms with Gasteiger partial charge in [0, 0.05) is 0 Å². The number of esters is 4. The van der Waals surface area contributed by atoms with Crippen LogP contribution in [0.5, 0.6) is 0 Å². The highest BCUT2D eigenvalue weighted by atomic mass is 16.6. The summed E-state index contributed by atoms with van der Waals surface area (Å²) in [5.74, 6) is -4.77. The molecule has 0 aromatic rings. The predicted octanol–water partition coefficient (Wildman–Crippen LogP) is 16.9. The fraction of sp³-hybridized carbons (Fsp3) is 0.929. The first-order chi connectivity index (χ1) is 31.4. The lowest BCUT2D eigenvalue weighted by atomic mass is 9.86. The van der Waals surface area contributed by atoms with E-state index in [2.05, 4.69) is 27.7 Å². The summed E-state index contributed by atoms with van der Waals surface area (Å²) in [6.07, 6.45) is 46.0. The van der Waals surface area contributed by atoms with Gasteiger partial charge in [0.1, 0.15) is 0 Å². The fourth-order valence-electron chi connectivity index (χ4n) is 8.55. The van der Waals surface area contributed by atoms with Gasteiger partial charge in [-0.2, -0.15) is 0 Å². The quantitative estimate of drug-likeness (QED) is 0.0338. The molecule has 0 aliphatic heterocycles. The summed E-state index contributed by atoms with van der Waals surface area (Å²) in [6, 6.07) is 0. The normalized spacial score (nSPS) is 12.2. The van der Waals surface area contributed by atoms with Crippen LogP contribution in [0.1, 0.15) is 297 Å². The van der Waals surface area contributed by atoms with Gasteiger partial charge in [-0.05, 0) is 25.7 Å². The Morgan fingerprint density at radius 1 is 0.250 bits per heavy atom. The van der Waals surface area contributed by atoms with Crippen LogP contribution in [0.25, 0.3) is 0 Å². The van der Waals surface area contributed by atoms with Crippen LogP contribution in [0, 0.1) is 11.8 Å². The van der Waals surface area contributed by atoms with Crippen LogP contribution in [0.4, 0.5) is 0 Å². The molecule has 0 rings (SSSR count). The fourth-order valence-corrected chi connectivity index (χ4v) is 8.55. The molecule has 2 unspecified atom stereocenters. The maximum Gasteiger partial charge on any atom is 0.310 e. The second-order valence-electron chi connectivity index (χ2n) is 19.1. The van der Waals surface area contributed by atoms with Crippen molar-refractivity contribution in [1.82, 2.24) is 0 Å². The summed E-state index contributed by atoms with van der Waals surface area (Å²) in [5, 5.41) is 0. The zero-order chi connectivity index (χ0) is 46.8. The number of rotatable bonds is 51. The molecule has 8 heteroatoms. The minimum absolute atomic E-state index is 0.211. The Labute approximate surface area is 396 Å². The maximum atomic E-state index is 13.9. The lowest BCUT2D eigenvalue weighted by molar-refractivity contribution is -0.167. The van der Waals surface area contributed by atoms with Gasteiger partial charge in [0.05, 0.1) is 51.1 Å². The molecule has 0 N–H and O–H groups in total. The van der Waals surface area contributed by atoms with Crippen molar-refractivity contribution in [3.05, 3.63) is 0 Å². The molecule has 0 amide bonds. The molecule has 0 spiro atoms. The topological polar surface area (TPSA) is 105 Å². The lowest BCUT2D eigenvalue weighted by Crippen LogP contribution is -2.36. The van der Waals surface area contributed by atoms with Gasteiger partial charge in [-0.1, -0.05) is 259 Å². The van der Waals surface area contributed by atoms with Gasteiger partial charge in [-0.15, -0.1) is 0 Å². The van der Waals surface area contributed by atoms with Crippen LogP contribution in [0.15, 0.2) is 0 Å².